The lowest BCUT2D eigenvalue weighted by Gasteiger charge is -2.17. The Kier molecular flexibility index (Phi) is 5.05. The van der Waals surface area contributed by atoms with E-state index < -0.39 is 0 Å². The Morgan fingerprint density at radius 2 is 1.87 bits per heavy atom. The van der Waals surface area contributed by atoms with Gasteiger partial charge in [0.25, 0.3) is 5.91 Å². The van der Waals surface area contributed by atoms with Crippen molar-refractivity contribution >= 4 is 17.5 Å². The average Bonchev–Trinajstić information content (AvgIpc) is 2.52. The highest BCUT2D eigenvalue weighted by atomic mass is 16.2. The van der Waals surface area contributed by atoms with Crippen molar-refractivity contribution in [2.45, 2.75) is 20.8 Å². The van der Waals surface area contributed by atoms with Crippen molar-refractivity contribution in [2.24, 2.45) is 0 Å². The lowest BCUT2D eigenvalue weighted by atomic mass is 10.1. The molecule has 0 atom stereocenters. The van der Waals surface area contributed by atoms with E-state index >= 15 is 0 Å². The number of benzene rings is 1. The Labute approximate surface area is 135 Å². The number of anilines is 1. The summed E-state index contributed by atoms with van der Waals surface area (Å²) in [5.41, 5.74) is 3.82. The summed E-state index contributed by atoms with van der Waals surface area (Å²) in [6.45, 7) is 5.67. The van der Waals surface area contributed by atoms with Crippen LogP contribution in [-0.4, -0.2) is 40.3 Å². The molecule has 0 aliphatic rings. The summed E-state index contributed by atoms with van der Waals surface area (Å²) < 4.78 is 0. The summed E-state index contributed by atoms with van der Waals surface area (Å²) in [6, 6.07) is 5.71. The standard InChI is InChI=1S/C17H20N4O2/c1-11-6-5-7-14(13(11)3)20-16(22)10-21(4)17(23)15-9-18-12(2)8-19-15/h5-9H,10H2,1-4H3,(H,20,22). The fraction of sp³-hybridized carbons (Fsp3) is 0.294. The first-order valence-corrected chi connectivity index (χ1v) is 7.28. The van der Waals surface area contributed by atoms with Crippen LogP contribution in [0, 0.1) is 20.8 Å². The van der Waals surface area contributed by atoms with Crippen LogP contribution in [0.25, 0.3) is 0 Å². The minimum atomic E-state index is -0.339. The molecule has 1 aromatic carbocycles. The summed E-state index contributed by atoms with van der Waals surface area (Å²) >= 11 is 0. The molecule has 0 aliphatic carbocycles. The van der Waals surface area contributed by atoms with Gasteiger partial charge in [-0.3, -0.25) is 14.6 Å². The van der Waals surface area contributed by atoms with Crippen molar-refractivity contribution in [3.05, 3.63) is 53.1 Å². The predicted molar refractivity (Wildman–Crippen MR) is 88.3 cm³/mol. The normalized spacial score (nSPS) is 10.3. The molecule has 2 rings (SSSR count). The first-order valence-electron chi connectivity index (χ1n) is 7.28. The largest absolute Gasteiger partial charge is 0.331 e. The third kappa shape index (κ3) is 4.12. The molecule has 0 fully saturated rings. The molecule has 1 N–H and O–H groups in total. The van der Waals surface area contributed by atoms with Crippen molar-refractivity contribution in [3.63, 3.8) is 0 Å². The second-order valence-corrected chi connectivity index (χ2v) is 5.50. The first kappa shape index (κ1) is 16.6. The minimum absolute atomic E-state index is 0.0538. The zero-order chi connectivity index (χ0) is 17.0. The molecule has 0 spiro atoms. The van der Waals surface area contributed by atoms with Crippen LogP contribution in [0.2, 0.25) is 0 Å². The zero-order valence-electron chi connectivity index (χ0n) is 13.8. The summed E-state index contributed by atoms with van der Waals surface area (Å²) in [7, 11) is 1.56. The van der Waals surface area contributed by atoms with E-state index in [9.17, 15) is 9.59 Å². The van der Waals surface area contributed by atoms with Gasteiger partial charge in [-0.1, -0.05) is 12.1 Å². The SMILES string of the molecule is Cc1cnc(C(=O)N(C)CC(=O)Nc2cccc(C)c2C)cn1. The number of nitrogens with one attached hydrogen (secondary N) is 1. The summed E-state index contributed by atoms with van der Waals surface area (Å²) in [5.74, 6) is -0.594. The molecule has 0 unspecified atom stereocenters. The number of hydrogen-bond donors (Lipinski definition) is 1. The Morgan fingerprint density at radius 1 is 1.13 bits per heavy atom. The maximum absolute atomic E-state index is 12.2. The third-order valence-corrected chi connectivity index (χ3v) is 3.61. The second-order valence-electron chi connectivity index (χ2n) is 5.50. The highest BCUT2D eigenvalue weighted by Crippen LogP contribution is 2.17. The number of nitrogens with zero attached hydrogens (tertiary/aromatic N) is 3. The van der Waals surface area contributed by atoms with Crippen LogP contribution < -0.4 is 5.32 Å². The molecule has 2 aromatic rings. The fourth-order valence-corrected chi connectivity index (χ4v) is 2.06. The van der Waals surface area contributed by atoms with Crippen LogP contribution in [0.1, 0.15) is 27.3 Å². The van der Waals surface area contributed by atoms with Crippen LogP contribution in [0.5, 0.6) is 0 Å². The summed E-state index contributed by atoms with van der Waals surface area (Å²) in [4.78, 5) is 33.7. The van der Waals surface area contributed by atoms with Crippen molar-refractivity contribution in [1.29, 1.82) is 0 Å². The average molecular weight is 312 g/mol. The molecule has 0 bridgehead atoms. The number of rotatable bonds is 4. The fourth-order valence-electron chi connectivity index (χ4n) is 2.06. The quantitative estimate of drug-likeness (QED) is 0.938. The number of likely N-dealkylation sites (N-methyl/N-ethyl adjacent to an activating group) is 1. The van der Waals surface area contributed by atoms with Crippen LogP contribution >= 0.6 is 0 Å². The van der Waals surface area contributed by atoms with Crippen LogP contribution in [0.4, 0.5) is 5.69 Å². The zero-order valence-corrected chi connectivity index (χ0v) is 13.8. The molecule has 120 valence electrons. The molecular weight excluding hydrogens is 292 g/mol. The Bertz CT molecular complexity index is 726. The van der Waals surface area contributed by atoms with Gasteiger partial charge in [0.1, 0.15) is 5.69 Å². The van der Waals surface area contributed by atoms with E-state index in [1.54, 1.807) is 14.0 Å². The van der Waals surface area contributed by atoms with Gasteiger partial charge in [-0.25, -0.2) is 4.98 Å². The molecule has 0 saturated heterocycles. The molecule has 0 saturated carbocycles. The maximum Gasteiger partial charge on any atom is 0.274 e. The molecule has 6 nitrogen and oxygen atoms in total. The van der Waals surface area contributed by atoms with Gasteiger partial charge in [0.2, 0.25) is 5.91 Å². The van der Waals surface area contributed by atoms with Gasteiger partial charge < -0.3 is 10.2 Å². The first-order chi connectivity index (χ1) is 10.9. The Balaban J connectivity index is 2.00. The number of carbonyl (C=O) groups is 2. The van der Waals surface area contributed by atoms with E-state index in [1.807, 2.05) is 32.0 Å². The van der Waals surface area contributed by atoms with Crippen LogP contribution in [-0.2, 0) is 4.79 Å². The van der Waals surface area contributed by atoms with Crippen molar-refractivity contribution in [2.75, 3.05) is 18.9 Å². The Hall–Kier alpha value is -2.76. The van der Waals surface area contributed by atoms with Gasteiger partial charge >= 0.3 is 0 Å². The number of aryl methyl sites for hydroxylation is 2. The van der Waals surface area contributed by atoms with Gasteiger partial charge in [-0.2, -0.15) is 0 Å². The molecule has 1 aromatic heterocycles. The maximum atomic E-state index is 12.2. The van der Waals surface area contributed by atoms with Gasteiger partial charge in [-0.15, -0.1) is 0 Å². The van der Waals surface area contributed by atoms with Crippen molar-refractivity contribution in [3.8, 4) is 0 Å². The van der Waals surface area contributed by atoms with Gasteiger partial charge in [0.05, 0.1) is 18.4 Å². The van der Waals surface area contributed by atoms with Crippen molar-refractivity contribution < 1.29 is 9.59 Å². The van der Waals surface area contributed by atoms with Gasteiger partial charge in [-0.05, 0) is 38.0 Å². The van der Waals surface area contributed by atoms with Gasteiger partial charge in [0.15, 0.2) is 0 Å². The van der Waals surface area contributed by atoms with E-state index in [4.69, 9.17) is 0 Å². The molecule has 23 heavy (non-hydrogen) atoms. The van der Waals surface area contributed by atoms with E-state index in [2.05, 4.69) is 15.3 Å². The molecule has 2 amide bonds. The highest BCUT2D eigenvalue weighted by Gasteiger charge is 2.17. The second kappa shape index (κ2) is 7.00. The van der Waals surface area contributed by atoms with E-state index in [-0.39, 0.29) is 24.1 Å². The van der Waals surface area contributed by atoms with Gasteiger partial charge in [0, 0.05) is 18.9 Å². The van der Waals surface area contributed by atoms with E-state index in [1.165, 1.54) is 17.3 Å². The van der Waals surface area contributed by atoms with E-state index in [0.29, 0.717) is 0 Å². The van der Waals surface area contributed by atoms with Crippen LogP contribution in [0.15, 0.2) is 30.6 Å². The summed E-state index contributed by atoms with van der Waals surface area (Å²) in [6.07, 6.45) is 2.94. The lowest BCUT2D eigenvalue weighted by Crippen LogP contribution is -2.35. The molecular formula is C17H20N4O2. The molecule has 6 heteroatoms. The minimum Gasteiger partial charge on any atom is -0.331 e. The third-order valence-electron chi connectivity index (χ3n) is 3.61. The number of aromatic nitrogens is 2. The topological polar surface area (TPSA) is 75.2 Å². The predicted octanol–water partition coefficient (Wildman–Crippen LogP) is 2.11. The molecule has 0 aliphatic heterocycles. The summed E-state index contributed by atoms with van der Waals surface area (Å²) in [5, 5.41) is 2.83. The number of amides is 2. The highest BCUT2D eigenvalue weighted by molar-refractivity contribution is 5.98. The Morgan fingerprint density at radius 3 is 2.52 bits per heavy atom. The lowest BCUT2D eigenvalue weighted by molar-refractivity contribution is -0.116. The molecule has 1 heterocycles. The van der Waals surface area contributed by atoms with Crippen LogP contribution in [0.3, 0.4) is 0 Å². The smallest absolute Gasteiger partial charge is 0.274 e. The number of hydrogen-bond acceptors (Lipinski definition) is 4. The van der Waals surface area contributed by atoms with E-state index in [0.717, 1.165) is 22.5 Å². The number of carbonyl (C=O) groups excluding carboxylic acids is 2. The monoisotopic (exact) mass is 312 g/mol. The van der Waals surface area contributed by atoms with Crippen molar-refractivity contribution in [1.82, 2.24) is 14.9 Å². The molecule has 0 radical (unpaired) electrons.